The van der Waals surface area contributed by atoms with Gasteiger partial charge in [-0.15, -0.1) is 0 Å². The Balaban J connectivity index is 2.38. The minimum absolute atomic E-state index is 0.159. The number of benzene rings is 2. The highest BCUT2D eigenvalue weighted by Crippen LogP contribution is 2.39. The second kappa shape index (κ2) is 11.0. The molecule has 2 rings (SSSR count). The first-order valence-corrected chi connectivity index (χ1v) is 9.80. The lowest BCUT2D eigenvalue weighted by Gasteiger charge is -2.25. The number of aromatic hydroxyl groups is 1. The van der Waals surface area contributed by atoms with Gasteiger partial charge in [0.15, 0.2) is 6.10 Å². The number of rotatable bonds is 7. The van der Waals surface area contributed by atoms with Crippen LogP contribution < -0.4 is 10.8 Å². The molecule has 0 aliphatic rings. The summed E-state index contributed by atoms with van der Waals surface area (Å²) in [7, 11) is 1.35. The van der Waals surface area contributed by atoms with Crippen molar-refractivity contribution < 1.29 is 29.4 Å². The van der Waals surface area contributed by atoms with E-state index in [0.717, 1.165) is 6.08 Å². The van der Waals surface area contributed by atoms with Crippen LogP contribution in [0.3, 0.4) is 0 Å². The SMILES string of the molecule is CO[C@@H](/C=C/C(=O)NO)[C@@H](OC(=O)Nc1ccccc1)c1cc(Br)cc(Br)c1O. The number of hydrogen-bond donors (Lipinski definition) is 4. The van der Waals surface area contributed by atoms with Gasteiger partial charge in [-0.1, -0.05) is 34.1 Å². The van der Waals surface area contributed by atoms with Crippen LogP contribution in [-0.2, 0) is 14.3 Å². The molecule has 0 fully saturated rings. The minimum atomic E-state index is -1.12. The molecule has 10 heteroatoms. The van der Waals surface area contributed by atoms with E-state index in [-0.39, 0.29) is 11.3 Å². The van der Waals surface area contributed by atoms with Crippen molar-refractivity contribution in [2.24, 2.45) is 0 Å². The average Bonchev–Trinajstić information content (AvgIpc) is 2.70. The van der Waals surface area contributed by atoms with Crippen molar-refractivity contribution in [2.45, 2.75) is 12.2 Å². The van der Waals surface area contributed by atoms with Crippen LogP contribution in [0.4, 0.5) is 10.5 Å². The van der Waals surface area contributed by atoms with Gasteiger partial charge in [-0.2, -0.15) is 0 Å². The number of carbonyl (C=O) groups is 2. The molecule has 0 radical (unpaired) electrons. The zero-order valence-corrected chi connectivity index (χ0v) is 18.3. The molecule has 154 valence electrons. The zero-order valence-electron chi connectivity index (χ0n) is 15.1. The quantitative estimate of drug-likeness (QED) is 0.241. The van der Waals surface area contributed by atoms with Crippen molar-refractivity contribution in [2.75, 3.05) is 12.4 Å². The van der Waals surface area contributed by atoms with Gasteiger partial charge >= 0.3 is 6.09 Å². The molecule has 0 bridgehead atoms. The fourth-order valence-corrected chi connectivity index (χ4v) is 3.68. The number of ether oxygens (including phenoxy) is 2. The first-order valence-electron chi connectivity index (χ1n) is 8.21. The summed E-state index contributed by atoms with van der Waals surface area (Å²) in [4.78, 5) is 23.8. The van der Waals surface area contributed by atoms with Crippen LogP contribution in [0.15, 0.2) is 63.6 Å². The lowest BCUT2D eigenvalue weighted by Crippen LogP contribution is -2.27. The average molecular weight is 530 g/mol. The van der Waals surface area contributed by atoms with Crippen LogP contribution in [0.1, 0.15) is 11.7 Å². The molecule has 0 aliphatic carbocycles. The number of halogens is 2. The van der Waals surface area contributed by atoms with Crippen molar-refractivity contribution in [3.63, 3.8) is 0 Å². The summed E-state index contributed by atoms with van der Waals surface area (Å²) in [5.74, 6) is -0.952. The largest absolute Gasteiger partial charge is 0.506 e. The molecule has 0 saturated carbocycles. The van der Waals surface area contributed by atoms with Crippen LogP contribution in [0.5, 0.6) is 5.75 Å². The van der Waals surface area contributed by atoms with E-state index in [9.17, 15) is 14.7 Å². The monoisotopic (exact) mass is 528 g/mol. The lowest BCUT2D eigenvalue weighted by molar-refractivity contribution is -0.124. The molecule has 0 aromatic heterocycles. The van der Waals surface area contributed by atoms with E-state index in [0.29, 0.717) is 14.6 Å². The van der Waals surface area contributed by atoms with Crippen LogP contribution in [0, 0.1) is 0 Å². The highest BCUT2D eigenvalue weighted by Gasteiger charge is 2.29. The molecule has 0 heterocycles. The van der Waals surface area contributed by atoms with Gasteiger partial charge < -0.3 is 14.6 Å². The van der Waals surface area contributed by atoms with Crippen LogP contribution in [-0.4, -0.2) is 35.5 Å². The molecule has 29 heavy (non-hydrogen) atoms. The lowest BCUT2D eigenvalue weighted by atomic mass is 10.0. The highest BCUT2D eigenvalue weighted by atomic mass is 79.9. The number of nitrogens with one attached hydrogen (secondary N) is 2. The smallest absolute Gasteiger partial charge is 0.412 e. The van der Waals surface area contributed by atoms with E-state index in [2.05, 4.69) is 37.2 Å². The van der Waals surface area contributed by atoms with E-state index in [1.807, 2.05) is 0 Å². The van der Waals surface area contributed by atoms with Gasteiger partial charge in [0.1, 0.15) is 11.9 Å². The Hall–Kier alpha value is -2.40. The van der Waals surface area contributed by atoms with Crippen molar-refractivity contribution in [1.29, 1.82) is 0 Å². The summed E-state index contributed by atoms with van der Waals surface area (Å²) in [6.07, 6.45) is -0.566. The number of phenols is 1. The maximum atomic E-state index is 12.5. The normalized spacial score (nSPS) is 13.0. The predicted molar refractivity (Wildman–Crippen MR) is 113 cm³/mol. The van der Waals surface area contributed by atoms with E-state index in [1.165, 1.54) is 18.7 Å². The summed E-state index contributed by atoms with van der Waals surface area (Å²) >= 11 is 6.56. The summed E-state index contributed by atoms with van der Waals surface area (Å²) in [6, 6.07) is 11.8. The van der Waals surface area contributed by atoms with Crippen molar-refractivity contribution >= 4 is 49.5 Å². The fraction of sp³-hybridized carbons (Fsp3) is 0.158. The molecular weight excluding hydrogens is 512 g/mol. The molecule has 2 amide bonds. The highest BCUT2D eigenvalue weighted by molar-refractivity contribution is 9.11. The molecule has 4 N–H and O–H groups in total. The minimum Gasteiger partial charge on any atom is -0.506 e. The standard InChI is InChI=1S/C19H18Br2N2O6/c1-28-15(7-8-16(24)23-27)18(13-9-11(20)10-14(21)17(13)25)29-19(26)22-12-5-3-2-4-6-12/h2-10,15,18,25,27H,1H3,(H,22,26)(H,23,24)/b8-7+/t15-,18-/m0/s1. The third-order valence-corrected chi connectivity index (χ3v) is 4.80. The first-order chi connectivity index (χ1) is 13.8. The molecule has 0 spiro atoms. The van der Waals surface area contributed by atoms with Gasteiger partial charge in [-0.25, -0.2) is 10.3 Å². The maximum Gasteiger partial charge on any atom is 0.412 e. The Bertz CT molecular complexity index is 892. The fourth-order valence-electron chi connectivity index (χ4n) is 2.42. The Labute approximate surface area is 183 Å². The Morgan fingerprint density at radius 2 is 1.86 bits per heavy atom. The molecule has 2 aromatic rings. The van der Waals surface area contributed by atoms with Crippen molar-refractivity contribution in [3.05, 3.63) is 69.1 Å². The van der Waals surface area contributed by atoms with Gasteiger partial charge in [-0.05, 0) is 46.3 Å². The second-order valence-corrected chi connectivity index (χ2v) is 7.45. The number of anilines is 1. The van der Waals surface area contributed by atoms with Gasteiger partial charge in [0.2, 0.25) is 0 Å². The third kappa shape index (κ3) is 6.57. The molecule has 0 saturated heterocycles. The molecule has 0 unspecified atom stereocenters. The number of hydroxylamine groups is 1. The van der Waals surface area contributed by atoms with Crippen molar-refractivity contribution in [1.82, 2.24) is 5.48 Å². The van der Waals surface area contributed by atoms with Crippen LogP contribution >= 0.6 is 31.9 Å². The third-order valence-electron chi connectivity index (χ3n) is 3.74. The summed E-state index contributed by atoms with van der Waals surface area (Å²) in [5.41, 5.74) is 2.21. The molecule has 2 aromatic carbocycles. The van der Waals surface area contributed by atoms with Crippen molar-refractivity contribution in [3.8, 4) is 5.75 Å². The maximum absolute atomic E-state index is 12.5. The Kier molecular flexibility index (Phi) is 8.65. The van der Waals surface area contributed by atoms with Gasteiger partial charge in [0.25, 0.3) is 5.91 Å². The Morgan fingerprint density at radius 3 is 2.48 bits per heavy atom. The number of hydrogen-bond acceptors (Lipinski definition) is 6. The Morgan fingerprint density at radius 1 is 1.17 bits per heavy atom. The van der Waals surface area contributed by atoms with Gasteiger partial charge in [0, 0.05) is 28.9 Å². The second-order valence-electron chi connectivity index (χ2n) is 5.68. The number of para-hydroxylation sites is 1. The van der Waals surface area contributed by atoms with E-state index in [1.54, 1.807) is 42.5 Å². The number of methoxy groups -OCH3 is 1. The van der Waals surface area contributed by atoms with E-state index >= 15 is 0 Å². The van der Waals surface area contributed by atoms with Gasteiger partial charge in [-0.3, -0.25) is 15.3 Å². The topological polar surface area (TPSA) is 117 Å². The predicted octanol–water partition coefficient (Wildman–Crippen LogP) is 4.28. The number of phenolic OH excluding ortho intramolecular Hbond substituents is 1. The van der Waals surface area contributed by atoms with Gasteiger partial charge in [0.05, 0.1) is 4.47 Å². The molecule has 2 atom stereocenters. The van der Waals surface area contributed by atoms with E-state index in [4.69, 9.17) is 14.7 Å². The first kappa shape index (κ1) is 22.9. The molecule has 0 aliphatic heterocycles. The van der Waals surface area contributed by atoms with Crippen LogP contribution in [0.2, 0.25) is 0 Å². The number of carbonyl (C=O) groups excluding carboxylic acids is 2. The summed E-state index contributed by atoms with van der Waals surface area (Å²) in [5, 5.41) is 21.7. The summed E-state index contributed by atoms with van der Waals surface area (Å²) < 4.78 is 11.9. The van der Waals surface area contributed by atoms with Crippen LogP contribution in [0.25, 0.3) is 0 Å². The molecular formula is C19H18Br2N2O6. The van der Waals surface area contributed by atoms with E-state index < -0.39 is 24.2 Å². The zero-order chi connectivity index (χ0) is 21.4. The number of amides is 2. The summed E-state index contributed by atoms with van der Waals surface area (Å²) in [6.45, 7) is 0. The molecule has 8 nitrogen and oxygen atoms in total.